The van der Waals surface area contributed by atoms with Crippen LogP contribution in [0.5, 0.6) is 0 Å². The van der Waals surface area contributed by atoms with Crippen LogP contribution >= 0.6 is 0 Å². The third-order valence-corrected chi connectivity index (χ3v) is 3.14. The second kappa shape index (κ2) is 4.09. The largest absolute Gasteiger partial charge is 0.398 e. The average Bonchev–Trinajstić information content (AvgIpc) is 2.35. The number of rotatable bonds is 3. The van der Waals surface area contributed by atoms with Gasteiger partial charge in [0.15, 0.2) is 0 Å². The molecule has 82 valence electrons. The Morgan fingerprint density at radius 3 is 2.53 bits per heavy atom. The number of hydrogen-bond donors (Lipinski definition) is 1. The molecule has 0 saturated carbocycles. The summed E-state index contributed by atoms with van der Waals surface area (Å²) in [6.07, 6.45) is 6.69. The van der Waals surface area contributed by atoms with Gasteiger partial charge in [0.05, 0.1) is 0 Å². The normalized spacial score (nSPS) is 25.5. The second-order valence-electron chi connectivity index (χ2n) is 4.88. The third-order valence-electron chi connectivity index (χ3n) is 3.14. The summed E-state index contributed by atoms with van der Waals surface area (Å²) in [5, 5.41) is 0. The molecule has 0 heterocycles. The lowest BCUT2D eigenvalue weighted by atomic mass is 9.84. The molecular weight excluding hydrogens is 182 g/mol. The van der Waals surface area contributed by atoms with E-state index in [9.17, 15) is 0 Å². The molecule has 0 spiro atoms. The van der Waals surface area contributed by atoms with E-state index in [-0.39, 0.29) is 5.41 Å². The van der Waals surface area contributed by atoms with Gasteiger partial charge in [0, 0.05) is 5.70 Å². The standard InChI is InChI=1S/C14H21N/c1-6-8-12(15)13-10(3)9-14(4,5)11(13)7-2/h6-8,10H,1-2,9,15H2,3-5H3/b12-8+. The summed E-state index contributed by atoms with van der Waals surface area (Å²) in [5.74, 6) is 0.504. The summed E-state index contributed by atoms with van der Waals surface area (Å²) in [7, 11) is 0. The minimum Gasteiger partial charge on any atom is -0.398 e. The van der Waals surface area contributed by atoms with Crippen LogP contribution in [0, 0.1) is 11.3 Å². The van der Waals surface area contributed by atoms with Gasteiger partial charge in [-0.15, -0.1) is 0 Å². The van der Waals surface area contributed by atoms with E-state index in [1.807, 2.05) is 12.2 Å². The molecule has 0 radical (unpaired) electrons. The van der Waals surface area contributed by atoms with Crippen molar-refractivity contribution in [3.63, 3.8) is 0 Å². The second-order valence-corrected chi connectivity index (χ2v) is 4.88. The van der Waals surface area contributed by atoms with Crippen molar-refractivity contribution in [2.45, 2.75) is 27.2 Å². The van der Waals surface area contributed by atoms with E-state index in [2.05, 4.69) is 33.9 Å². The Morgan fingerprint density at radius 1 is 1.47 bits per heavy atom. The average molecular weight is 203 g/mol. The Kier molecular flexibility index (Phi) is 3.23. The summed E-state index contributed by atoms with van der Waals surface area (Å²) in [5.41, 5.74) is 9.60. The van der Waals surface area contributed by atoms with Crippen molar-refractivity contribution in [1.82, 2.24) is 0 Å². The summed E-state index contributed by atoms with van der Waals surface area (Å²) >= 11 is 0. The van der Waals surface area contributed by atoms with E-state index < -0.39 is 0 Å². The van der Waals surface area contributed by atoms with Crippen LogP contribution in [0.4, 0.5) is 0 Å². The van der Waals surface area contributed by atoms with Crippen molar-refractivity contribution in [3.05, 3.63) is 48.2 Å². The SMILES string of the molecule is C=C/C=C(/N)C1=C(C=C)C(C)(C)CC1C. The highest BCUT2D eigenvalue weighted by Crippen LogP contribution is 2.47. The molecule has 0 aromatic carbocycles. The molecule has 15 heavy (non-hydrogen) atoms. The van der Waals surface area contributed by atoms with Crippen molar-refractivity contribution < 1.29 is 0 Å². The quantitative estimate of drug-likeness (QED) is 0.697. The first-order valence-electron chi connectivity index (χ1n) is 5.39. The topological polar surface area (TPSA) is 26.0 Å². The fourth-order valence-electron chi connectivity index (χ4n) is 2.65. The van der Waals surface area contributed by atoms with Gasteiger partial charge in [0.2, 0.25) is 0 Å². The van der Waals surface area contributed by atoms with Crippen LogP contribution in [0.25, 0.3) is 0 Å². The molecule has 0 bridgehead atoms. The summed E-state index contributed by atoms with van der Waals surface area (Å²) in [4.78, 5) is 0. The summed E-state index contributed by atoms with van der Waals surface area (Å²) in [6, 6.07) is 0. The molecule has 1 nitrogen and oxygen atoms in total. The van der Waals surface area contributed by atoms with Crippen molar-refractivity contribution >= 4 is 0 Å². The molecule has 1 aliphatic rings. The van der Waals surface area contributed by atoms with Gasteiger partial charge in [0.25, 0.3) is 0 Å². The zero-order chi connectivity index (χ0) is 11.6. The predicted molar refractivity (Wildman–Crippen MR) is 67.3 cm³/mol. The van der Waals surface area contributed by atoms with Crippen LogP contribution in [0.3, 0.4) is 0 Å². The molecule has 1 atom stereocenters. The van der Waals surface area contributed by atoms with Gasteiger partial charge in [-0.3, -0.25) is 0 Å². The molecule has 0 aromatic heterocycles. The summed E-state index contributed by atoms with van der Waals surface area (Å²) < 4.78 is 0. The van der Waals surface area contributed by atoms with E-state index in [0.717, 1.165) is 12.1 Å². The van der Waals surface area contributed by atoms with E-state index >= 15 is 0 Å². The van der Waals surface area contributed by atoms with E-state index in [4.69, 9.17) is 5.73 Å². The summed E-state index contributed by atoms with van der Waals surface area (Å²) in [6.45, 7) is 14.3. The number of hydrogen-bond acceptors (Lipinski definition) is 1. The monoisotopic (exact) mass is 203 g/mol. The molecule has 0 aliphatic heterocycles. The van der Waals surface area contributed by atoms with Crippen LogP contribution in [-0.4, -0.2) is 0 Å². The number of nitrogens with two attached hydrogens (primary N) is 1. The lowest BCUT2D eigenvalue weighted by molar-refractivity contribution is 0.408. The van der Waals surface area contributed by atoms with E-state index in [0.29, 0.717) is 5.92 Å². The molecular formula is C14H21N. The van der Waals surface area contributed by atoms with Gasteiger partial charge in [0.1, 0.15) is 0 Å². The highest BCUT2D eigenvalue weighted by atomic mass is 14.6. The van der Waals surface area contributed by atoms with Gasteiger partial charge in [-0.2, -0.15) is 0 Å². The smallest absolute Gasteiger partial charge is 0.0352 e. The van der Waals surface area contributed by atoms with Gasteiger partial charge in [-0.25, -0.2) is 0 Å². The zero-order valence-electron chi connectivity index (χ0n) is 10.0. The van der Waals surface area contributed by atoms with Crippen molar-refractivity contribution in [2.75, 3.05) is 0 Å². The molecule has 1 rings (SSSR count). The lowest BCUT2D eigenvalue weighted by Crippen LogP contribution is -2.09. The van der Waals surface area contributed by atoms with Gasteiger partial charge >= 0.3 is 0 Å². The first-order chi connectivity index (χ1) is 6.94. The minimum absolute atomic E-state index is 0.191. The Labute approximate surface area is 93.1 Å². The Bertz CT molecular complexity index is 342. The van der Waals surface area contributed by atoms with E-state index in [1.54, 1.807) is 6.08 Å². The first kappa shape index (κ1) is 11.8. The van der Waals surface area contributed by atoms with Crippen LogP contribution < -0.4 is 5.73 Å². The van der Waals surface area contributed by atoms with Crippen LogP contribution in [0.2, 0.25) is 0 Å². The third kappa shape index (κ3) is 2.06. The van der Waals surface area contributed by atoms with Crippen molar-refractivity contribution in [3.8, 4) is 0 Å². The van der Waals surface area contributed by atoms with Gasteiger partial charge < -0.3 is 5.73 Å². The van der Waals surface area contributed by atoms with E-state index in [1.165, 1.54) is 11.1 Å². The molecule has 0 aromatic rings. The molecule has 1 aliphatic carbocycles. The number of allylic oxidation sites excluding steroid dienone is 5. The highest BCUT2D eigenvalue weighted by molar-refractivity contribution is 5.47. The molecule has 1 unspecified atom stereocenters. The maximum atomic E-state index is 6.05. The minimum atomic E-state index is 0.191. The Morgan fingerprint density at radius 2 is 2.07 bits per heavy atom. The fraction of sp³-hybridized carbons (Fsp3) is 0.429. The van der Waals surface area contributed by atoms with Crippen LogP contribution in [0.15, 0.2) is 48.2 Å². The highest BCUT2D eigenvalue weighted by Gasteiger charge is 2.36. The molecule has 2 N–H and O–H groups in total. The van der Waals surface area contributed by atoms with Gasteiger partial charge in [-0.05, 0) is 35.0 Å². The predicted octanol–water partition coefficient (Wildman–Crippen LogP) is 3.56. The maximum Gasteiger partial charge on any atom is 0.0352 e. The van der Waals surface area contributed by atoms with Crippen molar-refractivity contribution in [2.24, 2.45) is 17.1 Å². The van der Waals surface area contributed by atoms with Crippen LogP contribution in [-0.2, 0) is 0 Å². The molecule has 0 fully saturated rings. The van der Waals surface area contributed by atoms with Crippen LogP contribution in [0.1, 0.15) is 27.2 Å². The lowest BCUT2D eigenvalue weighted by Gasteiger charge is -2.20. The van der Waals surface area contributed by atoms with Crippen molar-refractivity contribution in [1.29, 1.82) is 0 Å². The molecule has 0 saturated heterocycles. The Balaban J connectivity index is 3.27. The van der Waals surface area contributed by atoms with Gasteiger partial charge in [-0.1, -0.05) is 46.1 Å². The first-order valence-corrected chi connectivity index (χ1v) is 5.39. The fourth-order valence-corrected chi connectivity index (χ4v) is 2.65. The zero-order valence-corrected chi connectivity index (χ0v) is 10.0. The Hall–Kier alpha value is -1.24. The molecule has 1 heteroatoms. The molecule has 0 amide bonds. The maximum absolute atomic E-state index is 6.05.